The number of hydrogen-bond donors (Lipinski definition) is 0. The maximum atomic E-state index is 14.9. The number of methoxy groups -OCH3 is 1. The first-order chi connectivity index (χ1) is 51.9. The molecule has 19 nitrogen and oxygen atoms in total. The Bertz CT molecular complexity index is 3480. The Kier molecular flexibility index (Phi) is 27.5. The van der Waals surface area contributed by atoms with Crippen LogP contribution in [0.3, 0.4) is 0 Å². The molecule has 12 atom stereocenters. The van der Waals surface area contributed by atoms with Gasteiger partial charge in [-0.1, -0.05) is 69.7 Å². The molecule has 20 heteroatoms. The van der Waals surface area contributed by atoms with E-state index in [4.69, 9.17) is 66.3 Å². The summed E-state index contributed by atoms with van der Waals surface area (Å²) in [4.78, 5) is 63.7. The van der Waals surface area contributed by atoms with Gasteiger partial charge in [-0.2, -0.15) is 0 Å². The molecule has 10 bridgehead atoms. The van der Waals surface area contributed by atoms with Crippen LogP contribution in [0.15, 0.2) is 60.7 Å². The van der Waals surface area contributed by atoms with Crippen molar-refractivity contribution < 1.29 is 94.7 Å². The summed E-state index contributed by atoms with van der Waals surface area (Å²) in [6.45, 7) is 30.9. The highest BCUT2D eigenvalue weighted by Gasteiger charge is 2.76. The van der Waals surface area contributed by atoms with E-state index in [9.17, 15) is 28.4 Å². The molecule has 11 saturated carbocycles. The topological polar surface area (TPSA) is 215 Å². The van der Waals surface area contributed by atoms with Crippen LogP contribution in [-0.2, 0) is 95.9 Å². The average molecular weight is 1520 g/mol. The maximum Gasteiger partial charge on any atom is 0.344 e. The fourth-order valence-corrected chi connectivity index (χ4v) is 20.1. The van der Waals surface area contributed by atoms with Crippen LogP contribution in [0, 0.1) is 59.2 Å². The van der Waals surface area contributed by atoms with Crippen LogP contribution in [0.25, 0.3) is 0 Å². The highest BCUT2D eigenvalue weighted by atomic mass is 19.1. The molecule has 11 aliphatic carbocycles. The van der Waals surface area contributed by atoms with E-state index in [-0.39, 0.29) is 103 Å². The molecule has 1 heterocycles. The molecule has 3 aromatic carbocycles. The monoisotopic (exact) mass is 1520 g/mol. The predicted octanol–water partition coefficient (Wildman–Crippen LogP) is 17.6. The average Bonchev–Trinajstić information content (AvgIpc) is 1.55. The van der Waals surface area contributed by atoms with Crippen molar-refractivity contribution in [3.05, 3.63) is 88.5 Å². The first kappa shape index (κ1) is 84.0. The predicted molar refractivity (Wildman–Crippen MR) is 409 cm³/mol. The minimum Gasteiger partial charge on any atom is -0.494 e. The molecule has 0 radical (unpaired) electrons. The number of alkyl halides is 1. The minimum atomic E-state index is -1.94. The van der Waals surface area contributed by atoms with E-state index in [2.05, 4.69) is 65.8 Å². The molecule has 109 heavy (non-hydrogen) atoms. The second-order valence-corrected chi connectivity index (χ2v) is 35.6. The summed E-state index contributed by atoms with van der Waals surface area (Å²) in [5.74, 6) is 2.10. The second-order valence-electron chi connectivity index (χ2n) is 35.6. The number of aryl methyl sites for hydroxylation is 1. The van der Waals surface area contributed by atoms with Crippen molar-refractivity contribution in [1.29, 1.82) is 0 Å². The zero-order valence-electron chi connectivity index (χ0n) is 68.2. The maximum absolute atomic E-state index is 14.9. The molecule has 0 amide bonds. The lowest BCUT2D eigenvalue weighted by Gasteiger charge is -2.61. The van der Waals surface area contributed by atoms with Crippen molar-refractivity contribution >= 4 is 29.8 Å². The molecule has 1 aliphatic heterocycles. The molecule has 606 valence electrons. The quantitative estimate of drug-likeness (QED) is 0.0232. The van der Waals surface area contributed by atoms with Gasteiger partial charge in [-0.25, -0.2) is 9.18 Å². The van der Waals surface area contributed by atoms with Gasteiger partial charge in [0.1, 0.15) is 53.9 Å². The third-order valence-corrected chi connectivity index (χ3v) is 25.7. The van der Waals surface area contributed by atoms with Crippen LogP contribution in [0.4, 0.5) is 4.39 Å². The molecule has 0 aromatic heterocycles. The van der Waals surface area contributed by atoms with Crippen molar-refractivity contribution in [1.82, 2.24) is 0 Å². The van der Waals surface area contributed by atoms with Gasteiger partial charge in [-0.15, -0.1) is 0 Å². The number of hydrogen-bond acceptors (Lipinski definition) is 19. The van der Waals surface area contributed by atoms with Crippen LogP contribution in [-0.4, -0.2) is 135 Å². The van der Waals surface area contributed by atoms with Crippen LogP contribution in [0.1, 0.15) is 265 Å². The van der Waals surface area contributed by atoms with E-state index in [1.54, 1.807) is 14.0 Å². The number of esters is 5. The van der Waals surface area contributed by atoms with Gasteiger partial charge in [0.2, 0.25) is 5.67 Å². The Balaban J connectivity index is 0.000000165. The number of benzene rings is 3. The highest BCUT2D eigenvalue weighted by molar-refractivity contribution is 6.03. The van der Waals surface area contributed by atoms with Crippen molar-refractivity contribution in [2.45, 2.75) is 329 Å². The number of carbonyl (C=O) groups excluding carboxylic acids is 5. The Morgan fingerprint density at radius 2 is 1.17 bits per heavy atom. The van der Waals surface area contributed by atoms with Crippen LogP contribution in [0.2, 0.25) is 0 Å². The first-order valence-electron chi connectivity index (χ1n) is 41.5. The molecular weight excluding hydrogens is 1390 g/mol. The molecule has 3 aromatic rings. The third-order valence-electron chi connectivity index (χ3n) is 25.7. The van der Waals surface area contributed by atoms with Gasteiger partial charge in [0, 0.05) is 55.9 Å². The highest BCUT2D eigenvalue weighted by Crippen LogP contribution is 2.65. The Hall–Kier alpha value is -5.90. The second kappa shape index (κ2) is 35.6. The number of ether oxygens (including phenoxy) is 14. The molecule has 15 rings (SSSR count). The number of halogens is 1. The van der Waals surface area contributed by atoms with E-state index in [0.717, 1.165) is 130 Å². The normalized spacial score (nSPS) is 31.7. The van der Waals surface area contributed by atoms with Crippen molar-refractivity contribution in [3.63, 3.8) is 0 Å². The van der Waals surface area contributed by atoms with Gasteiger partial charge >= 0.3 is 29.8 Å². The van der Waals surface area contributed by atoms with Gasteiger partial charge < -0.3 is 66.3 Å². The van der Waals surface area contributed by atoms with Crippen LogP contribution in [0.5, 0.6) is 17.2 Å². The summed E-state index contributed by atoms with van der Waals surface area (Å²) in [6, 6.07) is 20.0. The Morgan fingerprint density at radius 3 is 1.72 bits per heavy atom. The number of carbonyl (C=O) groups is 5. The Labute approximate surface area is 648 Å². The molecule has 1 saturated heterocycles. The zero-order valence-corrected chi connectivity index (χ0v) is 68.2. The summed E-state index contributed by atoms with van der Waals surface area (Å²) in [5.41, 5.74) is 0.461. The fraction of sp³-hybridized carbons (Fsp3) is 0.742. The van der Waals surface area contributed by atoms with Gasteiger partial charge in [0.05, 0.1) is 86.1 Å². The number of rotatable bonds is 35. The van der Waals surface area contributed by atoms with Gasteiger partial charge in [0.15, 0.2) is 5.41 Å². The van der Waals surface area contributed by atoms with Crippen LogP contribution < -0.4 is 14.2 Å². The van der Waals surface area contributed by atoms with E-state index in [1.807, 2.05) is 77.9 Å². The Morgan fingerprint density at radius 1 is 0.615 bits per heavy atom. The lowest BCUT2D eigenvalue weighted by molar-refractivity contribution is -0.252. The first-order valence-corrected chi connectivity index (χ1v) is 41.5. The smallest absolute Gasteiger partial charge is 0.344 e. The summed E-state index contributed by atoms with van der Waals surface area (Å²) < 4.78 is 98.6. The van der Waals surface area contributed by atoms with Crippen LogP contribution >= 0.6 is 0 Å². The third kappa shape index (κ3) is 20.0. The number of fused-ring (bicyclic) bond motifs is 1. The van der Waals surface area contributed by atoms with E-state index in [1.165, 1.54) is 25.3 Å². The van der Waals surface area contributed by atoms with Gasteiger partial charge in [-0.3, -0.25) is 19.2 Å². The zero-order chi connectivity index (χ0) is 78.3. The van der Waals surface area contributed by atoms with E-state index >= 15 is 0 Å². The lowest BCUT2D eigenvalue weighted by atomic mass is 9.52. The van der Waals surface area contributed by atoms with E-state index in [0.29, 0.717) is 88.3 Å². The summed E-state index contributed by atoms with van der Waals surface area (Å²) in [6.07, 6.45) is 18.7. The lowest BCUT2D eigenvalue weighted by Crippen LogP contribution is -2.62. The van der Waals surface area contributed by atoms with Crippen molar-refractivity contribution in [2.75, 3.05) is 40.1 Å². The molecule has 12 aliphatic rings. The molecule has 0 N–H and O–H groups in total. The van der Waals surface area contributed by atoms with Gasteiger partial charge in [-0.05, 0) is 250 Å². The standard InChI is InChI=1S/C36H55FO6.C28H42O5.C25H32O8/c1-8-34(7,37)33(38)43-36-18-26-15-27(19-36)17-35(16-26,22-36)42-31-11-9-30(10-12-31)41-32-28(20-39-23(2)3)13-25(6)14-29(32)21-40-24(4)5;1-5-20(3)26(29)33-28-17-22-14-23(18-28)16-27(15-22,19-28)32-13-7-12-31-25-10-8-24(9-11-25)21(4)30-6-2;1-5-24(2,3)21(26)32-19-16-12-18-20(19)33-23(28)25(18,13-16)22(27)31-11-10-30-17-8-6-15(7-9-17)14-29-4/h13-14,23-24,26-27,30-31H,8-12,15-22H2,1-7H3;8-11,20-23H,5-7,12-19H2,1-4H3;6-9,16,18-20H,5,10-14H2,1-4H3. The SMILES string of the molecule is CCC(C)(C)C(=O)OC1C2CC3C1OC(=O)C3(C(=O)OCCOc1ccc(COC)cc1)C2.CCC(C)(F)C(=O)OC12CC3CC(C1)CC(OC1CCC(Oc4c(COC(C)C)cc(C)cc4COC(C)C)CC1)(C3)C2.CCOC(C)c1ccc(OCCCOC23CC4CC(C2)CC(OC(=O)C(C)CC)(C4)C3)cc1. The molecule has 0 spiro atoms. The van der Waals surface area contributed by atoms with Gasteiger partial charge in [0.25, 0.3) is 0 Å². The summed E-state index contributed by atoms with van der Waals surface area (Å²) in [7, 11) is 1.64. The molecule has 12 fully saturated rings. The largest absolute Gasteiger partial charge is 0.494 e. The fourth-order valence-electron chi connectivity index (χ4n) is 20.1. The van der Waals surface area contributed by atoms with Crippen molar-refractivity contribution in [2.24, 2.45) is 52.3 Å². The summed E-state index contributed by atoms with van der Waals surface area (Å²) >= 11 is 0. The minimum absolute atomic E-state index is 0.0235. The molecular formula is C89H129FO19. The van der Waals surface area contributed by atoms with E-state index < -0.39 is 52.2 Å². The van der Waals surface area contributed by atoms with Crippen molar-refractivity contribution in [3.8, 4) is 17.2 Å². The molecule has 12 unspecified atom stereocenters. The summed E-state index contributed by atoms with van der Waals surface area (Å²) in [5, 5.41) is 0.